The molecule has 0 unspecified atom stereocenters. The molecular formula is C20H21Cl2N3O2S. The van der Waals surface area contributed by atoms with Gasteiger partial charge in [-0.2, -0.15) is 0 Å². The molecule has 0 bridgehead atoms. The molecule has 2 aromatic carbocycles. The average molecular weight is 438 g/mol. The smallest absolute Gasteiger partial charge is 0.261 e. The Bertz CT molecular complexity index is 991. The lowest BCUT2D eigenvalue weighted by atomic mass is 10.2. The fourth-order valence-corrected chi connectivity index (χ4v) is 4.07. The van der Waals surface area contributed by atoms with E-state index in [-0.39, 0.29) is 5.91 Å². The van der Waals surface area contributed by atoms with Crippen LogP contribution in [0.3, 0.4) is 0 Å². The highest BCUT2D eigenvalue weighted by atomic mass is 35.5. The number of ether oxygens (including phenoxy) is 1. The van der Waals surface area contributed by atoms with E-state index in [1.807, 2.05) is 44.1 Å². The second-order valence-electron chi connectivity index (χ2n) is 6.42. The van der Waals surface area contributed by atoms with Crippen molar-refractivity contribution in [2.45, 2.75) is 6.92 Å². The summed E-state index contributed by atoms with van der Waals surface area (Å²) in [5.41, 5.74) is 1.11. The van der Waals surface area contributed by atoms with Crippen LogP contribution in [0.25, 0.3) is 10.2 Å². The number of thiazole rings is 1. The van der Waals surface area contributed by atoms with Gasteiger partial charge in [-0.1, -0.05) is 40.6 Å². The first-order valence-electron chi connectivity index (χ1n) is 8.84. The standard InChI is InChI=1S/C20H21Cl2N3O2S/c1-4-27-16-6-5-7-17-18(16)23-20(28-17)25(11-10-24(2)3)19(26)14-12-13(21)8-9-15(14)22/h5-9,12H,4,10-11H2,1-3H3. The van der Waals surface area contributed by atoms with Crippen molar-refractivity contribution >= 4 is 55.8 Å². The van der Waals surface area contributed by atoms with E-state index in [0.29, 0.717) is 46.2 Å². The molecule has 1 amide bonds. The third kappa shape index (κ3) is 4.58. The minimum absolute atomic E-state index is 0.230. The van der Waals surface area contributed by atoms with Crippen LogP contribution in [-0.4, -0.2) is 49.6 Å². The number of anilines is 1. The molecule has 0 N–H and O–H groups in total. The molecule has 28 heavy (non-hydrogen) atoms. The second kappa shape index (κ2) is 9.09. The summed E-state index contributed by atoms with van der Waals surface area (Å²) in [7, 11) is 3.92. The van der Waals surface area contributed by atoms with Crippen LogP contribution >= 0.6 is 34.5 Å². The quantitative estimate of drug-likeness (QED) is 0.508. The van der Waals surface area contributed by atoms with Gasteiger partial charge in [-0.15, -0.1) is 0 Å². The van der Waals surface area contributed by atoms with Gasteiger partial charge in [-0.25, -0.2) is 4.98 Å². The number of likely N-dealkylation sites (N-methyl/N-ethyl adjacent to an activating group) is 1. The molecule has 8 heteroatoms. The first-order valence-corrected chi connectivity index (χ1v) is 10.4. The Morgan fingerprint density at radius 1 is 1.18 bits per heavy atom. The zero-order valence-corrected chi connectivity index (χ0v) is 18.2. The zero-order chi connectivity index (χ0) is 20.3. The van der Waals surface area contributed by atoms with Gasteiger partial charge >= 0.3 is 0 Å². The molecule has 0 aliphatic rings. The normalized spacial score (nSPS) is 11.2. The highest BCUT2D eigenvalue weighted by Crippen LogP contribution is 2.35. The van der Waals surface area contributed by atoms with Crippen molar-refractivity contribution in [3.05, 3.63) is 52.0 Å². The molecule has 0 radical (unpaired) electrons. The van der Waals surface area contributed by atoms with Gasteiger partial charge in [0.2, 0.25) is 0 Å². The number of nitrogens with zero attached hydrogens (tertiary/aromatic N) is 3. The predicted octanol–water partition coefficient (Wildman–Crippen LogP) is 5.21. The van der Waals surface area contributed by atoms with E-state index in [4.69, 9.17) is 32.9 Å². The molecule has 0 aliphatic carbocycles. The lowest BCUT2D eigenvalue weighted by Crippen LogP contribution is -2.36. The van der Waals surface area contributed by atoms with Crippen molar-refractivity contribution < 1.29 is 9.53 Å². The van der Waals surface area contributed by atoms with Crippen molar-refractivity contribution in [1.29, 1.82) is 0 Å². The van der Waals surface area contributed by atoms with Crippen LogP contribution < -0.4 is 9.64 Å². The summed E-state index contributed by atoms with van der Waals surface area (Å²) in [5.74, 6) is 0.481. The first-order chi connectivity index (χ1) is 13.4. The van der Waals surface area contributed by atoms with Gasteiger partial charge in [0.15, 0.2) is 5.13 Å². The van der Waals surface area contributed by atoms with Crippen LogP contribution in [0.2, 0.25) is 10.0 Å². The molecule has 5 nitrogen and oxygen atoms in total. The summed E-state index contributed by atoms with van der Waals surface area (Å²) in [6, 6.07) is 10.7. The van der Waals surface area contributed by atoms with Gasteiger partial charge in [-0.3, -0.25) is 9.69 Å². The third-order valence-corrected chi connectivity index (χ3v) is 5.68. The van der Waals surface area contributed by atoms with Crippen LogP contribution in [0, 0.1) is 0 Å². The highest BCUT2D eigenvalue weighted by Gasteiger charge is 2.24. The van der Waals surface area contributed by atoms with E-state index in [2.05, 4.69) is 0 Å². The predicted molar refractivity (Wildman–Crippen MR) is 117 cm³/mol. The maximum Gasteiger partial charge on any atom is 0.261 e. The molecule has 1 aromatic heterocycles. The van der Waals surface area contributed by atoms with E-state index < -0.39 is 0 Å². The van der Waals surface area contributed by atoms with Crippen molar-refractivity contribution in [1.82, 2.24) is 9.88 Å². The lowest BCUT2D eigenvalue weighted by Gasteiger charge is -2.22. The number of halogens is 2. The summed E-state index contributed by atoms with van der Waals surface area (Å²) in [4.78, 5) is 21.7. The summed E-state index contributed by atoms with van der Waals surface area (Å²) < 4.78 is 6.64. The van der Waals surface area contributed by atoms with Gasteiger partial charge in [0.1, 0.15) is 11.3 Å². The molecule has 3 aromatic rings. The summed E-state index contributed by atoms with van der Waals surface area (Å²) in [6.45, 7) is 3.63. The third-order valence-electron chi connectivity index (χ3n) is 4.08. The number of benzene rings is 2. The number of rotatable bonds is 7. The molecule has 0 saturated carbocycles. The Kier molecular flexibility index (Phi) is 6.78. The molecule has 0 saturated heterocycles. The van der Waals surface area contributed by atoms with Gasteiger partial charge < -0.3 is 9.64 Å². The highest BCUT2D eigenvalue weighted by molar-refractivity contribution is 7.22. The van der Waals surface area contributed by atoms with E-state index >= 15 is 0 Å². The zero-order valence-electron chi connectivity index (χ0n) is 15.9. The number of para-hydroxylation sites is 1. The van der Waals surface area contributed by atoms with Gasteiger partial charge in [-0.05, 0) is 51.4 Å². The Balaban J connectivity index is 2.04. The molecule has 0 atom stereocenters. The minimum Gasteiger partial charge on any atom is -0.492 e. The number of amides is 1. The van der Waals surface area contributed by atoms with Gasteiger partial charge in [0.25, 0.3) is 5.91 Å². The fourth-order valence-electron chi connectivity index (χ4n) is 2.69. The molecular weight excluding hydrogens is 417 g/mol. The Morgan fingerprint density at radius 3 is 2.68 bits per heavy atom. The van der Waals surface area contributed by atoms with Crippen LogP contribution in [0.15, 0.2) is 36.4 Å². The number of carbonyl (C=O) groups is 1. The van der Waals surface area contributed by atoms with Gasteiger partial charge in [0.05, 0.1) is 21.9 Å². The molecule has 3 rings (SSSR count). The van der Waals surface area contributed by atoms with Crippen molar-refractivity contribution in [2.24, 2.45) is 0 Å². The molecule has 0 spiro atoms. The van der Waals surface area contributed by atoms with Gasteiger partial charge in [0, 0.05) is 18.1 Å². The average Bonchev–Trinajstić information content (AvgIpc) is 3.08. The number of aromatic nitrogens is 1. The number of hydrogen-bond donors (Lipinski definition) is 0. The number of hydrogen-bond acceptors (Lipinski definition) is 5. The van der Waals surface area contributed by atoms with Crippen molar-refractivity contribution in [2.75, 3.05) is 38.7 Å². The van der Waals surface area contributed by atoms with E-state index in [0.717, 1.165) is 10.2 Å². The van der Waals surface area contributed by atoms with E-state index in [9.17, 15) is 4.79 Å². The van der Waals surface area contributed by atoms with Crippen molar-refractivity contribution in [3.63, 3.8) is 0 Å². The SMILES string of the molecule is CCOc1cccc2sc(N(CCN(C)C)C(=O)c3cc(Cl)ccc3Cl)nc12. The van der Waals surface area contributed by atoms with Crippen LogP contribution in [0.5, 0.6) is 5.75 Å². The lowest BCUT2D eigenvalue weighted by molar-refractivity contribution is 0.0985. The molecule has 148 valence electrons. The number of carbonyl (C=O) groups excluding carboxylic acids is 1. The first kappa shape index (κ1) is 20.9. The number of fused-ring (bicyclic) bond motifs is 1. The summed E-state index contributed by atoms with van der Waals surface area (Å²) in [6.07, 6.45) is 0. The maximum atomic E-state index is 13.3. The van der Waals surface area contributed by atoms with Crippen LogP contribution in [-0.2, 0) is 0 Å². The summed E-state index contributed by atoms with van der Waals surface area (Å²) >= 11 is 13.8. The molecule has 0 fully saturated rings. The topological polar surface area (TPSA) is 45.7 Å². The maximum absolute atomic E-state index is 13.3. The minimum atomic E-state index is -0.230. The van der Waals surface area contributed by atoms with Crippen LogP contribution in [0.4, 0.5) is 5.13 Å². The second-order valence-corrected chi connectivity index (χ2v) is 8.27. The van der Waals surface area contributed by atoms with Crippen LogP contribution in [0.1, 0.15) is 17.3 Å². The molecule has 0 aliphatic heterocycles. The molecule has 1 heterocycles. The van der Waals surface area contributed by atoms with E-state index in [1.165, 1.54) is 11.3 Å². The van der Waals surface area contributed by atoms with Crippen molar-refractivity contribution in [3.8, 4) is 5.75 Å². The monoisotopic (exact) mass is 437 g/mol. The Morgan fingerprint density at radius 2 is 1.96 bits per heavy atom. The largest absolute Gasteiger partial charge is 0.492 e. The summed E-state index contributed by atoms with van der Waals surface area (Å²) in [5, 5.41) is 1.42. The Labute approximate surface area is 178 Å². The van der Waals surface area contributed by atoms with E-state index in [1.54, 1.807) is 23.1 Å². The Hall–Kier alpha value is -1.86. The fraction of sp³-hybridized carbons (Fsp3) is 0.300.